The Balaban J connectivity index is 2.00. The minimum Gasteiger partial charge on any atom is -0.334 e. The minimum atomic E-state index is -0.193. The van der Waals surface area contributed by atoms with Gasteiger partial charge in [0.25, 0.3) is 0 Å². The third-order valence-corrected chi connectivity index (χ3v) is 3.55. The molecule has 0 aliphatic carbocycles. The van der Waals surface area contributed by atoms with Gasteiger partial charge in [0.1, 0.15) is 11.6 Å². The van der Waals surface area contributed by atoms with Crippen LogP contribution in [0.5, 0.6) is 0 Å². The highest BCUT2D eigenvalue weighted by Gasteiger charge is 2.11. The molecule has 0 radical (unpaired) electrons. The summed E-state index contributed by atoms with van der Waals surface area (Å²) in [6.07, 6.45) is 4.82. The van der Waals surface area contributed by atoms with Crippen LogP contribution >= 0.6 is 0 Å². The van der Waals surface area contributed by atoms with E-state index in [4.69, 9.17) is 0 Å². The fourth-order valence-corrected chi connectivity index (χ4v) is 2.47. The molecule has 4 heteroatoms. The molecule has 1 N–H and O–H groups in total. The molecule has 0 unspecified atom stereocenters. The molecule has 0 bridgehead atoms. The van der Waals surface area contributed by atoms with Crippen LogP contribution in [0.25, 0.3) is 0 Å². The number of aromatic nitrogens is 2. The quantitative estimate of drug-likeness (QED) is 0.837. The van der Waals surface area contributed by atoms with Crippen LogP contribution in [-0.2, 0) is 13.1 Å². The van der Waals surface area contributed by atoms with Crippen molar-refractivity contribution in [2.45, 2.75) is 46.3 Å². The Morgan fingerprint density at radius 1 is 1.24 bits per heavy atom. The summed E-state index contributed by atoms with van der Waals surface area (Å²) in [5, 5.41) is 3.52. The van der Waals surface area contributed by atoms with Gasteiger partial charge in [-0.25, -0.2) is 9.37 Å². The third kappa shape index (κ3) is 4.39. The highest BCUT2D eigenvalue weighted by atomic mass is 19.1. The van der Waals surface area contributed by atoms with Crippen molar-refractivity contribution in [3.8, 4) is 0 Å². The van der Waals surface area contributed by atoms with E-state index in [1.165, 1.54) is 12.1 Å². The number of nitrogens with one attached hydrogen (secondary N) is 1. The average Bonchev–Trinajstić information content (AvgIpc) is 2.88. The molecule has 0 aliphatic rings. The SMILES string of the molecule is CC[C@@H](NCc1nccn1CC(C)C)c1ccc(F)cc1. The Morgan fingerprint density at radius 3 is 2.57 bits per heavy atom. The average molecular weight is 289 g/mol. The van der Waals surface area contributed by atoms with E-state index in [9.17, 15) is 4.39 Å². The summed E-state index contributed by atoms with van der Waals surface area (Å²) < 4.78 is 15.2. The molecule has 1 atom stereocenters. The largest absolute Gasteiger partial charge is 0.334 e. The zero-order valence-corrected chi connectivity index (χ0v) is 13.0. The number of imidazole rings is 1. The van der Waals surface area contributed by atoms with Gasteiger partial charge in [-0.05, 0) is 30.0 Å². The van der Waals surface area contributed by atoms with Gasteiger partial charge in [-0.15, -0.1) is 0 Å². The normalized spacial score (nSPS) is 12.8. The molecule has 0 aliphatic heterocycles. The van der Waals surface area contributed by atoms with Crippen LogP contribution in [0.2, 0.25) is 0 Å². The lowest BCUT2D eigenvalue weighted by molar-refractivity contribution is 0.466. The second-order valence-corrected chi connectivity index (χ2v) is 5.78. The molecular formula is C17H24FN3. The number of benzene rings is 1. The first kappa shape index (κ1) is 15.7. The van der Waals surface area contributed by atoms with E-state index in [2.05, 4.69) is 35.6 Å². The van der Waals surface area contributed by atoms with Crippen molar-refractivity contribution in [1.29, 1.82) is 0 Å². The van der Waals surface area contributed by atoms with Crippen LogP contribution in [0.3, 0.4) is 0 Å². The molecule has 2 aromatic rings. The maximum atomic E-state index is 13.0. The van der Waals surface area contributed by atoms with Gasteiger partial charge in [0.2, 0.25) is 0 Å². The summed E-state index contributed by atoms with van der Waals surface area (Å²) in [5.41, 5.74) is 1.11. The Bertz CT molecular complexity index is 545. The molecule has 0 saturated heterocycles. The van der Waals surface area contributed by atoms with Crippen molar-refractivity contribution >= 4 is 0 Å². The van der Waals surface area contributed by atoms with Gasteiger partial charge in [-0.2, -0.15) is 0 Å². The number of halogens is 1. The lowest BCUT2D eigenvalue weighted by Gasteiger charge is -2.18. The van der Waals surface area contributed by atoms with Gasteiger partial charge in [0.05, 0.1) is 6.54 Å². The summed E-state index contributed by atoms with van der Waals surface area (Å²) >= 11 is 0. The highest BCUT2D eigenvalue weighted by Crippen LogP contribution is 2.17. The molecule has 0 spiro atoms. The Labute approximate surface area is 126 Å². The van der Waals surface area contributed by atoms with Crippen LogP contribution < -0.4 is 5.32 Å². The van der Waals surface area contributed by atoms with Crippen molar-refractivity contribution in [1.82, 2.24) is 14.9 Å². The number of rotatable bonds is 7. The molecule has 1 aromatic heterocycles. The van der Waals surface area contributed by atoms with Crippen molar-refractivity contribution in [2.75, 3.05) is 0 Å². The maximum Gasteiger partial charge on any atom is 0.123 e. The smallest absolute Gasteiger partial charge is 0.123 e. The Kier molecular flexibility index (Phi) is 5.51. The van der Waals surface area contributed by atoms with Gasteiger partial charge < -0.3 is 9.88 Å². The molecule has 1 aromatic carbocycles. The summed E-state index contributed by atoms with van der Waals surface area (Å²) in [5.74, 6) is 1.45. The predicted octanol–water partition coefficient (Wildman–Crippen LogP) is 3.92. The molecule has 114 valence electrons. The standard InChI is InChI=1S/C17H24FN3/c1-4-16(14-5-7-15(18)8-6-14)20-11-17-19-9-10-21(17)12-13(2)3/h5-10,13,16,20H,4,11-12H2,1-3H3/t16-/m1/s1. The van der Waals surface area contributed by atoms with Gasteiger partial charge in [0, 0.05) is 25.0 Å². The van der Waals surface area contributed by atoms with Crippen LogP contribution in [0.4, 0.5) is 4.39 Å². The first-order chi connectivity index (χ1) is 10.1. The van der Waals surface area contributed by atoms with Crippen molar-refractivity contribution < 1.29 is 4.39 Å². The van der Waals surface area contributed by atoms with Gasteiger partial charge in [-0.3, -0.25) is 0 Å². The number of hydrogen-bond donors (Lipinski definition) is 1. The summed E-state index contributed by atoms with van der Waals surface area (Å²) in [6.45, 7) is 8.22. The highest BCUT2D eigenvalue weighted by molar-refractivity contribution is 5.19. The van der Waals surface area contributed by atoms with Crippen molar-refractivity contribution in [2.24, 2.45) is 5.92 Å². The second kappa shape index (κ2) is 7.36. The second-order valence-electron chi connectivity index (χ2n) is 5.78. The molecule has 0 amide bonds. The summed E-state index contributed by atoms with van der Waals surface area (Å²) in [7, 11) is 0. The van der Waals surface area contributed by atoms with E-state index >= 15 is 0 Å². The molecule has 0 fully saturated rings. The zero-order chi connectivity index (χ0) is 15.2. The molecule has 21 heavy (non-hydrogen) atoms. The van der Waals surface area contributed by atoms with Gasteiger partial charge >= 0.3 is 0 Å². The van der Waals surface area contributed by atoms with E-state index in [1.54, 1.807) is 0 Å². The Hall–Kier alpha value is -1.68. The van der Waals surface area contributed by atoms with E-state index in [-0.39, 0.29) is 11.9 Å². The van der Waals surface area contributed by atoms with E-state index < -0.39 is 0 Å². The first-order valence-corrected chi connectivity index (χ1v) is 7.59. The molecular weight excluding hydrogens is 265 g/mol. The fourth-order valence-electron chi connectivity index (χ4n) is 2.47. The third-order valence-electron chi connectivity index (χ3n) is 3.55. The Morgan fingerprint density at radius 2 is 1.95 bits per heavy atom. The first-order valence-electron chi connectivity index (χ1n) is 7.59. The zero-order valence-electron chi connectivity index (χ0n) is 13.0. The molecule has 0 saturated carbocycles. The minimum absolute atomic E-state index is 0.193. The lowest BCUT2D eigenvalue weighted by Crippen LogP contribution is -2.23. The van der Waals surface area contributed by atoms with Crippen LogP contribution in [-0.4, -0.2) is 9.55 Å². The van der Waals surface area contributed by atoms with Gasteiger partial charge in [-0.1, -0.05) is 32.9 Å². The topological polar surface area (TPSA) is 29.9 Å². The lowest BCUT2D eigenvalue weighted by atomic mass is 10.0. The van der Waals surface area contributed by atoms with Crippen molar-refractivity contribution in [3.63, 3.8) is 0 Å². The van der Waals surface area contributed by atoms with E-state index in [1.807, 2.05) is 24.5 Å². The summed E-state index contributed by atoms with van der Waals surface area (Å²) in [4.78, 5) is 4.42. The molecule has 2 rings (SSSR count). The number of nitrogens with zero attached hydrogens (tertiary/aromatic N) is 2. The van der Waals surface area contributed by atoms with E-state index in [0.717, 1.165) is 30.9 Å². The monoisotopic (exact) mass is 289 g/mol. The maximum absolute atomic E-state index is 13.0. The fraction of sp³-hybridized carbons (Fsp3) is 0.471. The van der Waals surface area contributed by atoms with E-state index in [0.29, 0.717) is 5.92 Å². The van der Waals surface area contributed by atoms with Crippen LogP contribution in [0.1, 0.15) is 44.6 Å². The molecule has 3 nitrogen and oxygen atoms in total. The summed E-state index contributed by atoms with van der Waals surface area (Å²) in [6, 6.07) is 6.93. The number of hydrogen-bond acceptors (Lipinski definition) is 2. The van der Waals surface area contributed by atoms with Crippen molar-refractivity contribution in [3.05, 3.63) is 53.9 Å². The van der Waals surface area contributed by atoms with Gasteiger partial charge in [0.15, 0.2) is 0 Å². The van der Waals surface area contributed by atoms with Crippen LogP contribution in [0.15, 0.2) is 36.7 Å². The van der Waals surface area contributed by atoms with Crippen LogP contribution in [0, 0.1) is 11.7 Å². The molecule has 1 heterocycles. The predicted molar refractivity (Wildman–Crippen MR) is 83.3 cm³/mol.